The third kappa shape index (κ3) is 9.19. The largest absolute Gasteiger partial charge is 0.417 e. The van der Waals surface area contributed by atoms with Crippen molar-refractivity contribution in [3.05, 3.63) is 53.6 Å². The van der Waals surface area contributed by atoms with Gasteiger partial charge in [0.05, 0.1) is 12.1 Å². The van der Waals surface area contributed by atoms with E-state index in [1.165, 1.54) is 12.1 Å². The summed E-state index contributed by atoms with van der Waals surface area (Å²) in [5, 5.41) is 5.02. The van der Waals surface area contributed by atoms with Gasteiger partial charge < -0.3 is 33.6 Å². The van der Waals surface area contributed by atoms with Gasteiger partial charge in [-0.25, -0.2) is 4.79 Å². The summed E-state index contributed by atoms with van der Waals surface area (Å²) in [7, 11) is 0. The first-order chi connectivity index (χ1) is 15.5. The number of nitrogens with two attached hydrogens (primary N) is 4. The number of halogens is 3. The van der Waals surface area contributed by atoms with Crippen molar-refractivity contribution in [1.29, 1.82) is 0 Å². The first-order valence-electron chi connectivity index (χ1n) is 9.66. The van der Waals surface area contributed by atoms with Gasteiger partial charge in [-0.3, -0.25) is 9.98 Å². The Balaban J connectivity index is 2.05. The van der Waals surface area contributed by atoms with Crippen LogP contribution in [0.25, 0.3) is 0 Å². The van der Waals surface area contributed by atoms with Gasteiger partial charge in [0.15, 0.2) is 11.9 Å². The number of nitrogens with zero attached hydrogens (tertiary/aromatic N) is 2. The fraction of sp³-hybridized carbons (Fsp3) is 0.250. The van der Waals surface area contributed by atoms with Crippen molar-refractivity contribution in [1.82, 2.24) is 0 Å². The van der Waals surface area contributed by atoms with Gasteiger partial charge in [0.1, 0.15) is 0 Å². The van der Waals surface area contributed by atoms with E-state index in [1.807, 2.05) is 6.07 Å². The van der Waals surface area contributed by atoms with E-state index in [4.69, 9.17) is 22.9 Å². The number of carbonyl (C=O) groups is 1. The predicted molar refractivity (Wildman–Crippen MR) is 126 cm³/mol. The highest BCUT2D eigenvalue weighted by Gasteiger charge is 2.34. The Morgan fingerprint density at radius 3 is 2.18 bits per heavy atom. The highest BCUT2D eigenvalue weighted by molar-refractivity contribution is 7.99. The van der Waals surface area contributed by atoms with Gasteiger partial charge in [-0.15, -0.1) is 11.8 Å². The molecular formula is C20H25F3N8OS. The number of guanidine groups is 2. The maximum atomic E-state index is 13.5. The van der Waals surface area contributed by atoms with Crippen LogP contribution < -0.4 is 33.6 Å². The molecule has 9 nitrogen and oxygen atoms in total. The van der Waals surface area contributed by atoms with Crippen molar-refractivity contribution >= 4 is 41.1 Å². The number of hydrogen-bond acceptors (Lipinski definition) is 4. The predicted octanol–water partition coefficient (Wildman–Crippen LogP) is 2.53. The average Bonchev–Trinajstić information content (AvgIpc) is 2.71. The van der Waals surface area contributed by atoms with E-state index in [0.29, 0.717) is 18.7 Å². The Hall–Kier alpha value is -3.61. The van der Waals surface area contributed by atoms with Crippen molar-refractivity contribution in [2.24, 2.45) is 32.9 Å². The number of hydrogen-bond donors (Lipinski definition) is 6. The highest BCUT2D eigenvalue weighted by atomic mass is 32.2. The van der Waals surface area contributed by atoms with Crippen LogP contribution in [-0.4, -0.2) is 36.8 Å². The average molecular weight is 483 g/mol. The van der Waals surface area contributed by atoms with Gasteiger partial charge >= 0.3 is 12.2 Å². The molecule has 33 heavy (non-hydrogen) atoms. The molecule has 2 amide bonds. The second-order valence-corrected chi connectivity index (χ2v) is 7.84. The summed E-state index contributed by atoms with van der Waals surface area (Å²) in [5.74, 6) is 0.116. The summed E-state index contributed by atoms with van der Waals surface area (Å²) in [4.78, 5) is 20.0. The zero-order valence-corrected chi connectivity index (χ0v) is 18.3. The van der Waals surface area contributed by atoms with E-state index in [2.05, 4.69) is 20.6 Å². The number of amides is 2. The summed E-state index contributed by atoms with van der Waals surface area (Å²) >= 11 is 0.964. The molecule has 0 unspecified atom stereocenters. The van der Waals surface area contributed by atoms with Crippen LogP contribution in [0.15, 0.2) is 57.3 Å². The number of thioether (sulfide) groups is 1. The summed E-state index contributed by atoms with van der Waals surface area (Å²) in [6.07, 6.45) is -4.05. The third-order valence-corrected chi connectivity index (χ3v) is 5.12. The molecule has 10 N–H and O–H groups in total. The number of carbonyl (C=O) groups excluding carboxylic acids is 1. The normalized spacial score (nSPS) is 10.9. The molecule has 0 fully saturated rings. The molecule has 0 aliphatic heterocycles. The van der Waals surface area contributed by atoms with Crippen LogP contribution >= 0.6 is 11.8 Å². The molecule has 2 aromatic carbocycles. The maximum Gasteiger partial charge on any atom is 0.417 e. The molecule has 0 saturated carbocycles. The lowest BCUT2D eigenvalue weighted by Crippen LogP contribution is -2.23. The number of benzene rings is 2. The van der Waals surface area contributed by atoms with E-state index in [9.17, 15) is 18.0 Å². The molecule has 0 aromatic heterocycles. The summed E-state index contributed by atoms with van der Waals surface area (Å²) in [6.45, 7) is 0.562. The van der Waals surface area contributed by atoms with Gasteiger partial charge in [-0.2, -0.15) is 13.2 Å². The van der Waals surface area contributed by atoms with Gasteiger partial charge in [0.2, 0.25) is 0 Å². The Kier molecular flexibility index (Phi) is 9.21. The summed E-state index contributed by atoms with van der Waals surface area (Å²) in [6, 6.07) is 9.83. The van der Waals surface area contributed by atoms with E-state index in [-0.39, 0.29) is 34.8 Å². The Labute approximate surface area is 192 Å². The fourth-order valence-electron chi connectivity index (χ4n) is 2.70. The molecule has 2 aromatic rings. The summed E-state index contributed by atoms with van der Waals surface area (Å²) in [5.41, 5.74) is 21.5. The van der Waals surface area contributed by atoms with Crippen LogP contribution in [-0.2, 0) is 12.6 Å². The third-order valence-electron chi connectivity index (χ3n) is 4.07. The number of alkyl halides is 3. The van der Waals surface area contributed by atoms with Gasteiger partial charge in [0.25, 0.3) is 0 Å². The lowest BCUT2D eigenvalue weighted by atomic mass is 10.1. The van der Waals surface area contributed by atoms with Crippen LogP contribution in [0.2, 0.25) is 0 Å². The molecular weight excluding hydrogens is 457 g/mol. The Morgan fingerprint density at radius 1 is 0.909 bits per heavy atom. The number of urea groups is 1. The fourth-order valence-corrected chi connectivity index (χ4v) is 3.59. The molecule has 0 saturated heterocycles. The second kappa shape index (κ2) is 11.9. The SMILES string of the molecule is NC(N)=NCCSc1ccc(NC(=O)Nc2cccc(CCN=C(N)N)c2)cc1C(F)(F)F. The van der Waals surface area contributed by atoms with Crippen LogP contribution in [0, 0.1) is 0 Å². The quantitative estimate of drug-likeness (QED) is 0.139. The Morgan fingerprint density at radius 2 is 1.55 bits per heavy atom. The van der Waals surface area contributed by atoms with Crippen molar-refractivity contribution < 1.29 is 18.0 Å². The lowest BCUT2D eigenvalue weighted by molar-refractivity contribution is -0.139. The van der Waals surface area contributed by atoms with E-state index in [1.54, 1.807) is 18.2 Å². The molecule has 13 heteroatoms. The van der Waals surface area contributed by atoms with E-state index >= 15 is 0 Å². The second-order valence-electron chi connectivity index (χ2n) is 6.70. The topological polar surface area (TPSA) is 170 Å². The molecule has 2 rings (SSSR count). The smallest absolute Gasteiger partial charge is 0.370 e. The van der Waals surface area contributed by atoms with Crippen LogP contribution in [0.5, 0.6) is 0 Å². The van der Waals surface area contributed by atoms with E-state index in [0.717, 1.165) is 23.4 Å². The maximum absolute atomic E-state index is 13.5. The monoisotopic (exact) mass is 482 g/mol. The molecule has 0 atom stereocenters. The Bertz CT molecular complexity index is 1020. The zero-order chi connectivity index (χ0) is 24.4. The zero-order valence-electron chi connectivity index (χ0n) is 17.5. The van der Waals surface area contributed by atoms with Crippen molar-refractivity contribution in [2.45, 2.75) is 17.5 Å². The molecule has 0 heterocycles. The molecule has 0 spiro atoms. The van der Waals surface area contributed by atoms with Gasteiger partial charge in [-0.1, -0.05) is 12.1 Å². The first kappa shape index (κ1) is 25.6. The minimum absolute atomic E-state index is 0.00249. The minimum Gasteiger partial charge on any atom is -0.370 e. The highest BCUT2D eigenvalue weighted by Crippen LogP contribution is 2.38. The van der Waals surface area contributed by atoms with Crippen molar-refractivity contribution in [2.75, 3.05) is 29.5 Å². The molecule has 0 bridgehead atoms. The van der Waals surface area contributed by atoms with Crippen molar-refractivity contribution in [3.63, 3.8) is 0 Å². The molecule has 0 aliphatic carbocycles. The number of aliphatic imine (C=N–C) groups is 2. The first-order valence-corrected chi connectivity index (χ1v) is 10.6. The number of nitrogens with one attached hydrogen (secondary N) is 2. The standard InChI is InChI=1S/C20H25F3N8OS/c21-20(22,23)15-11-14(4-5-16(15)33-9-8-29-18(26)27)31-19(32)30-13-3-1-2-12(10-13)6-7-28-17(24)25/h1-5,10-11H,6-9H2,(H4,24,25,28)(H4,26,27,29)(H2,30,31,32). The minimum atomic E-state index is -4.60. The summed E-state index contributed by atoms with van der Waals surface area (Å²) < 4.78 is 40.5. The molecule has 0 radical (unpaired) electrons. The number of rotatable bonds is 9. The number of anilines is 2. The van der Waals surface area contributed by atoms with Gasteiger partial charge in [0, 0.05) is 28.6 Å². The lowest BCUT2D eigenvalue weighted by Gasteiger charge is -2.15. The van der Waals surface area contributed by atoms with Gasteiger partial charge in [-0.05, 0) is 42.3 Å². The molecule has 0 aliphatic rings. The van der Waals surface area contributed by atoms with Crippen LogP contribution in [0.1, 0.15) is 11.1 Å². The molecule has 178 valence electrons. The van der Waals surface area contributed by atoms with Crippen LogP contribution in [0.3, 0.4) is 0 Å². The van der Waals surface area contributed by atoms with Crippen LogP contribution in [0.4, 0.5) is 29.3 Å². The van der Waals surface area contributed by atoms with Crippen molar-refractivity contribution in [3.8, 4) is 0 Å². The van der Waals surface area contributed by atoms with E-state index < -0.39 is 17.8 Å².